The Bertz CT molecular complexity index is 898. The lowest BCUT2D eigenvalue weighted by molar-refractivity contribution is 0.0697. The SMILES string of the molecule is CCCCc1nc(C)n(Cc2ccc(-c3ccccc3C(=O)O)cc2)n1. The highest BCUT2D eigenvalue weighted by Crippen LogP contribution is 2.24. The van der Waals surface area contributed by atoms with Crippen molar-refractivity contribution in [2.24, 2.45) is 0 Å². The molecule has 0 spiro atoms. The molecule has 0 fully saturated rings. The summed E-state index contributed by atoms with van der Waals surface area (Å²) in [5, 5.41) is 13.9. The van der Waals surface area contributed by atoms with Gasteiger partial charge in [-0.1, -0.05) is 55.8 Å². The van der Waals surface area contributed by atoms with E-state index in [0.29, 0.717) is 12.1 Å². The molecule has 0 aliphatic heterocycles. The predicted molar refractivity (Wildman–Crippen MR) is 101 cm³/mol. The van der Waals surface area contributed by atoms with Crippen molar-refractivity contribution in [1.29, 1.82) is 0 Å². The number of carboxylic acids is 1. The second-order valence-electron chi connectivity index (χ2n) is 6.38. The van der Waals surface area contributed by atoms with Crippen LogP contribution in [-0.2, 0) is 13.0 Å². The number of carbonyl (C=O) groups is 1. The van der Waals surface area contributed by atoms with E-state index in [2.05, 4.69) is 17.0 Å². The zero-order chi connectivity index (χ0) is 18.5. The van der Waals surface area contributed by atoms with Gasteiger partial charge in [0.1, 0.15) is 5.82 Å². The molecule has 1 heterocycles. The van der Waals surface area contributed by atoms with Crippen LogP contribution in [0.15, 0.2) is 48.5 Å². The van der Waals surface area contributed by atoms with Gasteiger partial charge < -0.3 is 5.11 Å². The third-order valence-corrected chi connectivity index (χ3v) is 4.41. The first kappa shape index (κ1) is 17.9. The topological polar surface area (TPSA) is 68.0 Å². The van der Waals surface area contributed by atoms with Crippen LogP contribution in [0.2, 0.25) is 0 Å². The first-order valence-electron chi connectivity index (χ1n) is 8.90. The number of aromatic nitrogens is 3. The van der Waals surface area contributed by atoms with Crippen LogP contribution in [0.4, 0.5) is 0 Å². The van der Waals surface area contributed by atoms with E-state index in [-0.39, 0.29) is 0 Å². The molecule has 26 heavy (non-hydrogen) atoms. The number of nitrogens with zero attached hydrogens (tertiary/aromatic N) is 3. The van der Waals surface area contributed by atoms with Crippen molar-refractivity contribution in [2.45, 2.75) is 39.7 Å². The van der Waals surface area contributed by atoms with Crippen molar-refractivity contribution in [1.82, 2.24) is 14.8 Å². The minimum absolute atomic E-state index is 0.313. The smallest absolute Gasteiger partial charge is 0.336 e. The maximum Gasteiger partial charge on any atom is 0.336 e. The van der Waals surface area contributed by atoms with Crippen LogP contribution in [0.3, 0.4) is 0 Å². The van der Waals surface area contributed by atoms with Gasteiger partial charge >= 0.3 is 5.97 Å². The Morgan fingerprint density at radius 1 is 1.12 bits per heavy atom. The summed E-state index contributed by atoms with van der Waals surface area (Å²) in [6.45, 7) is 4.79. The third-order valence-electron chi connectivity index (χ3n) is 4.41. The van der Waals surface area contributed by atoms with E-state index in [9.17, 15) is 9.90 Å². The summed E-state index contributed by atoms with van der Waals surface area (Å²) in [4.78, 5) is 15.9. The predicted octanol–water partition coefficient (Wildman–Crippen LogP) is 4.34. The minimum atomic E-state index is -0.914. The molecular weight excluding hydrogens is 326 g/mol. The van der Waals surface area contributed by atoms with Crippen molar-refractivity contribution >= 4 is 5.97 Å². The number of benzene rings is 2. The molecule has 2 aromatic carbocycles. The number of hydrogen-bond donors (Lipinski definition) is 1. The molecule has 1 aromatic heterocycles. The maximum atomic E-state index is 11.4. The Hall–Kier alpha value is -2.95. The van der Waals surface area contributed by atoms with Gasteiger partial charge in [-0.2, -0.15) is 5.10 Å². The van der Waals surface area contributed by atoms with Gasteiger partial charge in [-0.3, -0.25) is 0 Å². The van der Waals surface area contributed by atoms with Gasteiger partial charge in [0, 0.05) is 6.42 Å². The molecule has 134 valence electrons. The molecule has 0 aliphatic carbocycles. The number of rotatable bonds is 7. The maximum absolute atomic E-state index is 11.4. The Kier molecular flexibility index (Phi) is 5.46. The molecule has 0 unspecified atom stereocenters. The molecule has 5 heteroatoms. The first-order chi connectivity index (χ1) is 12.6. The van der Waals surface area contributed by atoms with E-state index in [1.54, 1.807) is 12.1 Å². The van der Waals surface area contributed by atoms with Crippen LogP contribution in [0.5, 0.6) is 0 Å². The van der Waals surface area contributed by atoms with Crippen LogP contribution >= 0.6 is 0 Å². The number of aryl methyl sites for hydroxylation is 2. The van der Waals surface area contributed by atoms with E-state index in [1.807, 2.05) is 48.0 Å². The summed E-state index contributed by atoms with van der Waals surface area (Å²) in [7, 11) is 0. The summed E-state index contributed by atoms with van der Waals surface area (Å²) < 4.78 is 1.92. The van der Waals surface area contributed by atoms with Gasteiger partial charge in [0.05, 0.1) is 12.1 Å². The van der Waals surface area contributed by atoms with Gasteiger partial charge in [-0.05, 0) is 36.1 Å². The Morgan fingerprint density at radius 3 is 2.54 bits per heavy atom. The monoisotopic (exact) mass is 349 g/mol. The average Bonchev–Trinajstić information content (AvgIpc) is 3.00. The minimum Gasteiger partial charge on any atom is -0.478 e. The molecule has 1 N–H and O–H groups in total. The van der Waals surface area contributed by atoms with E-state index in [4.69, 9.17) is 0 Å². The van der Waals surface area contributed by atoms with Crippen molar-refractivity contribution in [3.05, 3.63) is 71.3 Å². The fourth-order valence-electron chi connectivity index (χ4n) is 2.95. The van der Waals surface area contributed by atoms with Crippen molar-refractivity contribution in [3.63, 3.8) is 0 Å². The van der Waals surface area contributed by atoms with E-state index < -0.39 is 5.97 Å². The van der Waals surface area contributed by atoms with Gasteiger partial charge in [-0.15, -0.1) is 0 Å². The summed E-state index contributed by atoms with van der Waals surface area (Å²) in [5.41, 5.74) is 3.04. The second-order valence-corrected chi connectivity index (χ2v) is 6.38. The Labute approximate surface area is 153 Å². The van der Waals surface area contributed by atoms with E-state index in [0.717, 1.165) is 47.6 Å². The van der Waals surface area contributed by atoms with Crippen molar-refractivity contribution < 1.29 is 9.90 Å². The van der Waals surface area contributed by atoms with Crippen LogP contribution in [0.1, 0.15) is 47.3 Å². The highest BCUT2D eigenvalue weighted by atomic mass is 16.4. The molecule has 0 radical (unpaired) electrons. The lowest BCUT2D eigenvalue weighted by atomic mass is 9.99. The van der Waals surface area contributed by atoms with Gasteiger partial charge in [0.25, 0.3) is 0 Å². The molecule has 0 bridgehead atoms. The summed E-state index contributed by atoms with van der Waals surface area (Å²) in [6, 6.07) is 15.0. The van der Waals surface area contributed by atoms with Gasteiger partial charge in [0.2, 0.25) is 0 Å². The number of carboxylic acid groups (broad SMARTS) is 1. The van der Waals surface area contributed by atoms with Crippen LogP contribution in [0.25, 0.3) is 11.1 Å². The van der Waals surface area contributed by atoms with Crippen LogP contribution < -0.4 is 0 Å². The van der Waals surface area contributed by atoms with Crippen molar-refractivity contribution in [2.75, 3.05) is 0 Å². The number of hydrogen-bond acceptors (Lipinski definition) is 3. The molecule has 0 amide bonds. The molecule has 0 aliphatic rings. The quantitative estimate of drug-likeness (QED) is 0.689. The molecule has 0 saturated heterocycles. The zero-order valence-electron chi connectivity index (χ0n) is 15.1. The molecule has 3 rings (SSSR count). The lowest BCUT2D eigenvalue weighted by Crippen LogP contribution is -2.04. The van der Waals surface area contributed by atoms with E-state index >= 15 is 0 Å². The average molecular weight is 349 g/mol. The molecule has 0 saturated carbocycles. The first-order valence-corrected chi connectivity index (χ1v) is 8.90. The standard InChI is InChI=1S/C21H23N3O2/c1-3-4-9-20-22-15(2)24(23-20)14-16-10-12-17(13-11-16)18-7-5-6-8-19(18)21(25)26/h5-8,10-13H,3-4,9,14H2,1-2H3,(H,25,26). The lowest BCUT2D eigenvalue weighted by Gasteiger charge is -2.08. The van der Waals surface area contributed by atoms with Gasteiger partial charge in [0.15, 0.2) is 5.82 Å². The van der Waals surface area contributed by atoms with Crippen molar-refractivity contribution in [3.8, 4) is 11.1 Å². The molecular formula is C21H23N3O2. The Morgan fingerprint density at radius 2 is 1.85 bits per heavy atom. The summed E-state index contributed by atoms with van der Waals surface area (Å²) in [5.74, 6) is 0.898. The molecule has 5 nitrogen and oxygen atoms in total. The normalized spacial score (nSPS) is 10.8. The number of aromatic carboxylic acids is 1. The van der Waals surface area contributed by atoms with E-state index in [1.165, 1.54) is 0 Å². The fraction of sp³-hybridized carbons (Fsp3) is 0.286. The second kappa shape index (κ2) is 7.95. The Balaban J connectivity index is 1.79. The fourth-order valence-corrected chi connectivity index (χ4v) is 2.95. The van der Waals surface area contributed by atoms with Crippen LogP contribution in [-0.4, -0.2) is 25.8 Å². The largest absolute Gasteiger partial charge is 0.478 e. The van der Waals surface area contributed by atoms with Gasteiger partial charge in [-0.25, -0.2) is 14.5 Å². The van der Waals surface area contributed by atoms with Crippen LogP contribution in [0, 0.1) is 6.92 Å². The summed E-state index contributed by atoms with van der Waals surface area (Å²) >= 11 is 0. The summed E-state index contributed by atoms with van der Waals surface area (Å²) in [6.07, 6.45) is 3.14. The highest BCUT2D eigenvalue weighted by molar-refractivity contribution is 5.95. The molecule has 3 aromatic rings. The molecule has 0 atom stereocenters. The zero-order valence-corrected chi connectivity index (χ0v) is 15.1. The highest BCUT2D eigenvalue weighted by Gasteiger charge is 2.11. The number of unbranched alkanes of at least 4 members (excludes halogenated alkanes) is 1. The third kappa shape index (κ3) is 3.99.